The van der Waals surface area contributed by atoms with Gasteiger partial charge >= 0.3 is 0 Å². The van der Waals surface area contributed by atoms with E-state index in [2.05, 4.69) is 21.2 Å². The zero-order valence-corrected chi connectivity index (χ0v) is 13.1. The van der Waals surface area contributed by atoms with Crippen molar-refractivity contribution in [3.05, 3.63) is 40.1 Å². The average molecular weight is 354 g/mol. The maximum atomic E-state index is 11.4. The number of amides is 1. The second-order valence-corrected chi connectivity index (χ2v) is 6.20. The molecule has 1 N–H and O–H groups in total. The van der Waals surface area contributed by atoms with Gasteiger partial charge in [0.2, 0.25) is 0 Å². The highest BCUT2D eigenvalue weighted by molar-refractivity contribution is 9.09. The number of thiophene rings is 1. The normalized spacial score (nSPS) is 15.0. The molecule has 104 valence electrons. The van der Waals surface area contributed by atoms with Crippen molar-refractivity contribution in [3.8, 4) is 11.5 Å². The van der Waals surface area contributed by atoms with Gasteiger partial charge in [-0.05, 0) is 23.8 Å². The predicted octanol–water partition coefficient (Wildman–Crippen LogP) is 3.57. The number of hydrogen-bond acceptors (Lipinski definition) is 4. The van der Waals surface area contributed by atoms with Crippen LogP contribution in [0.1, 0.15) is 15.3 Å². The third-order valence-corrected chi connectivity index (χ3v) is 5.31. The standard InChI is InChI=1S/C14H12BrNO3S/c1-18-9-5-12(20-7-9)14(15)8-2-3-11-10(4-8)16-13(17)6-19-11/h2-5,7,14H,6H2,1H3,(H,16,17). The van der Waals surface area contributed by atoms with Gasteiger partial charge in [-0.15, -0.1) is 11.3 Å². The van der Waals surface area contributed by atoms with Gasteiger partial charge in [-0.3, -0.25) is 4.79 Å². The Bertz CT molecular complexity index is 656. The number of nitrogens with one attached hydrogen (secondary N) is 1. The molecular formula is C14H12BrNO3S. The molecule has 1 amide bonds. The van der Waals surface area contributed by atoms with Crippen LogP contribution in [0.25, 0.3) is 0 Å². The van der Waals surface area contributed by atoms with Gasteiger partial charge in [0, 0.05) is 10.3 Å². The van der Waals surface area contributed by atoms with Crippen molar-refractivity contribution in [3.63, 3.8) is 0 Å². The van der Waals surface area contributed by atoms with Crippen molar-refractivity contribution in [1.82, 2.24) is 0 Å². The van der Waals surface area contributed by atoms with Crippen molar-refractivity contribution >= 4 is 38.9 Å². The molecule has 1 aromatic heterocycles. The van der Waals surface area contributed by atoms with Gasteiger partial charge in [-0.25, -0.2) is 0 Å². The lowest BCUT2D eigenvalue weighted by atomic mass is 10.1. The number of benzene rings is 1. The van der Waals surface area contributed by atoms with Crippen molar-refractivity contribution in [1.29, 1.82) is 0 Å². The van der Waals surface area contributed by atoms with Crippen LogP contribution in [-0.4, -0.2) is 19.6 Å². The minimum atomic E-state index is -0.126. The zero-order chi connectivity index (χ0) is 14.1. The highest BCUT2D eigenvalue weighted by Crippen LogP contribution is 2.39. The minimum absolute atomic E-state index is 0.0560. The fourth-order valence-corrected chi connectivity index (χ4v) is 3.59. The smallest absolute Gasteiger partial charge is 0.262 e. The lowest BCUT2D eigenvalue weighted by Crippen LogP contribution is -2.25. The number of carbonyl (C=O) groups excluding carboxylic acids is 1. The molecule has 0 fully saturated rings. The summed E-state index contributed by atoms with van der Waals surface area (Å²) in [4.78, 5) is 12.6. The molecule has 1 aromatic carbocycles. The summed E-state index contributed by atoms with van der Waals surface area (Å²) in [5, 5.41) is 4.78. The van der Waals surface area contributed by atoms with Crippen molar-refractivity contribution < 1.29 is 14.3 Å². The number of anilines is 1. The predicted molar refractivity (Wildman–Crippen MR) is 82.2 cm³/mol. The number of rotatable bonds is 3. The summed E-state index contributed by atoms with van der Waals surface area (Å²) >= 11 is 5.31. The van der Waals surface area contributed by atoms with Gasteiger partial charge in [0.25, 0.3) is 5.91 Å². The first kappa shape index (κ1) is 13.5. The number of halogens is 1. The summed E-state index contributed by atoms with van der Waals surface area (Å²) in [5.41, 5.74) is 1.77. The van der Waals surface area contributed by atoms with Gasteiger partial charge < -0.3 is 14.8 Å². The van der Waals surface area contributed by atoms with Gasteiger partial charge in [-0.2, -0.15) is 0 Å². The molecule has 0 aliphatic carbocycles. The van der Waals surface area contributed by atoms with Crippen LogP contribution >= 0.6 is 27.3 Å². The first-order chi connectivity index (χ1) is 9.67. The van der Waals surface area contributed by atoms with Gasteiger partial charge in [0.05, 0.1) is 17.6 Å². The third kappa shape index (κ3) is 2.53. The zero-order valence-electron chi connectivity index (χ0n) is 10.7. The molecule has 0 saturated carbocycles. The largest absolute Gasteiger partial charge is 0.496 e. The summed E-state index contributed by atoms with van der Waals surface area (Å²) in [7, 11) is 1.65. The lowest BCUT2D eigenvalue weighted by Gasteiger charge is -2.19. The van der Waals surface area contributed by atoms with Crippen LogP contribution in [0.5, 0.6) is 11.5 Å². The molecule has 6 heteroatoms. The average Bonchev–Trinajstić information content (AvgIpc) is 2.94. The fourth-order valence-electron chi connectivity index (χ4n) is 2.00. The molecule has 1 aliphatic rings. The first-order valence-corrected chi connectivity index (χ1v) is 7.80. The van der Waals surface area contributed by atoms with E-state index < -0.39 is 0 Å². The van der Waals surface area contributed by atoms with Crippen molar-refractivity contribution in [2.75, 3.05) is 19.0 Å². The Morgan fingerprint density at radius 1 is 1.45 bits per heavy atom. The SMILES string of the molecule is COc1csc(C(Br)c2ccc3c(c2)NC(=O)CO3)c1. The van der Waals surface area contributed by atoms with Crippen LogP contribution in [-0.2, 0) is 4.79 Å². The first-order valence-electron chi connectivity index (χ1n) is 6.00. The highest BCUT2D eigenvalue weighted by Gasteiger charge is 2.19. The molecule has 0 bridgehead atoms. The minimum Gasteiger partial charge on any atom is -0.496 e. The second-order valence-electron chi connectivity index (χ2n) is 4.34. The van der Waals surface area contributed by atoms with Crippen LogP contribution in [0.4, 0.5) is 5.69 Å². The Labute approximate surface area is 128 Å². The van der Waals surface area contributed by atoms with Crippen LogP contribution in [0.15, 0.2) is 29.6 Å². The van der Waals surface area contributed by atoms with Gasteiger partial charge in [0.15, 0.2) is 6.61 Å². The summed E-state index contributed by atoms with van der Waals surface area (Å²) in [5.74, 6) is 1.43. The molecule has 1 atom stereocenters. The van der Waals surface area contributed by atoms with E-state index in [-0.39, 0.29) is 17.3 Å². The molecule has 2 heterocycles. The number of ether oxygens (including phenoxy) is 2. The van der Waals surface area contributed by atoms with Crippen molar-refractivity contribution in [2.45, 2.75) is 4.83 Å². The molecule has 4 nitrogen and oxygen atoms in total. The van der Waals surface area contributed by atoms with Crippen LogP contribution in [0.2, 0.25) is 0 Å². The second kappa shape index (κ2) is 5.46. The van der Waals surface area contributed by atoms with E-state index in [1.807, 2.05) is 29.6 Å². The lowest BCUT2D eigenvalue weighted by molar-refractivity contribution is -0.118. The maximum absolute atomic E-state index is 11.4. The topological polar surface area (TPSA) is 47.6 Å². The molecular weight excluding hydrogens is 342 g/mol. The van der Waals surface area contributed by atoms with E-state index in [9.17, 15) is 4.79 Å². The summed E-state index contributed by atoms with van der Waals surface area (Å²) < 4.78 is 10.6. The Balaban J connectivity index is 1.90. The number of carbonyl (C=O) groups is 1. The highest BCUT2D eigenvalue weighted by atomic mass is 79.9. The monoisotopic (exact) mass is 353 g/mol. The molecule has 1 aliphatic heterocycles. The van der Waals surface area contributed by atoms with E-state index >= 15 is 0 Å². The summed E-state index contributed by atoms with van der Waals surface area (Å²) in [6.07, 6.45) is 0. The fraction of sp³-hybridized carbons (Fsp3) is 0.214. The molecule has 0 spiro atoms. The molecule has 0 radical (unpaired) electrons. The Kier molecular flexibility index (Phi) is 3.67. The van der Waals surface area contributed by atoms with E-state index in [1.165, 1.54) is 0 Å². The van der Waals surface area contributed by atoms with Crippen LogP contribution < -0.4 is 14.8 Å². The van der Waals surface area contributed by atoms with Gasteiger partial charge in [0.1, 0.15) is 11.5 Å². The Morgan fingerprint density at radius 3 is 3.05 bits per heavy atom. The van der Waals surface area contributed by atoms with E-state index in [0.717, 1.165) is 16.2 Å². The summed E-state index contributed by atoms with van der Waals surface area (Å²) in [6.45, 7) is 0.0756. The quantitative estimate of drug-likeness (QED) is 0.858. The molecule has 3 rings (SSSR count). The number of fused-ring (bicyclic) bond motifs is 1. The van der Waals surface area contributed by atoms with E-state index in [0.29, 0.717) is 11.4 Å². The maximum Gasteiger partial charge on any atom is 0.262 e. The van der Waals surface area contributed by atoms with E-state index in [4.69, 9.17) is 9.47 Å². The van der Waals surface area contributed by atoms with Crippen LogP contribution in [0.3, 0.4) is 0 Å². The molecule has 0 saturated heterocycles. The van der Waals surface area contributed by atoms with E-state index in [1.54, 1.807) is 18.4 Å². The third-order valence-electron chi connectivity index (χ3n) is 3.01. The number of alkyl halides is 1. The Hall–Kier alpha value is -1.53. The summed E-state index contributed by atoms with van der Waals surface area (Å²) in [6, 6.07) is 7.79. The van der Waals surface area contributed by atoms with Crippen LogP contribution in [0, 0.1) is 0 Å². The van der Waals surface area contributed by atoms with Crippen molar-refractivity contribution in [2.24, 2.45) is 0 Å². The van der Waals surface area contributed by atoms with Gasteiger partial charge in [-0.1, -0.05) is 22.0 Å². The molecule has 20 heavy (non-hydrogen) atoms. The Morgan fingerprint density at radius 2 is 2.30 bits per heavy atom. The number of methoxy groups -OCH3 is 1. The molecule has 2 aromatic rings. The molecule has 1 unspecified atom stereocenters. The number of hydrogen-bond donors (Lipinski definition) is 1.